The number of nitrogens with zero attached hydrogens (tertiary/aromatic N) is 3. The van der Waals surface area contributed by atoms with E-state index in [-0.39, 0.29) is 11.3 Å². The highest BCUT2D eigenvalue weighted by Crippen LogP contribution is 2.32. The molecule has 0 aliphatic carbocycles. The number of halogens is 1. The molecule has 130 valence electrons. The number of pyridine rings is 1. The number of aliphatic hydroxyl groups excluding tert-OH is 1. The Kier molecular flexibility index (Phi) is 4.60. The van der Waals surface area contributed by atoms with Gasteiger partial charge in [0.2, 0.25) is 0 Å². The van der Waals surface area contributed by atoms with Gasteiger partial charge in [-0.15, -0.1) is 11.3 Å². The number of carboxylic acids is 1. The quantitative estimate of drug-likeness (QED) is 0.717. The number of hydrogen-bond acceptors (Lipinski definition) is 7. The zero-order valence-corrected chi connectivity index (χ0v) is 14.2. The van der Waals surface area contributed by atoms with Crippen LogP contribution in [0.15, 0.2) is 22.9 Å². The van der Waals surface area contributed by atoms with Crippen molar-refractivity contribution in [1.82, 2.24) is 15.1 Å². The molecule has 9 heteroatoms. The number of aromatic nitrogens is 3. The Balaban J connectivity index is 1.91. The van der Waals surface area contributed by atoms with E-state index in [4.69, 9.17) is 9.63 Å². The third-order valence-corrected chi connectivity index (χ3v) is 4.78. The SMILES string of the molecule is Cc1nc(CC(O)c2c(-c3ccc(F)cn3)noc2C)sc1C(=O)O. The number of carbonyl (C=O) groups is 1. The van der Waals surface area contributed by atoms with Crippen molar-refractivity contribution in [3.63, 3.8) is 0 Å². The highest BCUT2D eigenvalue weighted by molar-refractivity contribution is 7.13. The molecular formula is C16H14FN3O4S. The Morgan fingerprint density at radius 3 is 2.76 bits per heavy atom. The first-order chi connectivity index (χ1) is 11.9. The van der Waals surface area contributed by atoms with E-state index in [0.29, 0.717) is 33.4 Å². The predicted octanol–water partition coefficient (Wildman–Crippen LogP) is 2.92. The van der Waals surface area contributed by atoms with Gasteiger partial charge in [0, 0.05) is 6.42 Å². The first-order valence-electron chi connectivity index (χ1n) is 7.32. The number of aromatic carboxylic acids is 1. The lowest BCUT2D eigenvalue weighted by Crippen LogP contribution is -2.04. The van der Waals surface area contributed by atoms with Crippen LogP contribution in [0, 0.1) is 19.7 Å². The second-order valence-corrected chi connectivity index (χ2v) is 6.49. The standard InChI is InChI=1S/C16H14FN3O4S/c1-7-15(16(22)23)25-12(19-7)5-11(21)13-8(2)24-20-14(13)10-4-3-9(17)6-18-10/h3-4,6,11,21H,5H2,1-2H3,(H,22,23). The summed E-state index contributed by atoms with van der Waals surface area (Å²) in [7, 11) is 0. The fourth-order valence-electron chi connectivity index (χ4n) is 2.48. The highest BCUT2D eigenvalue weighted by atomic mass is 32.1. The van der Waals surface area contributed by atoms with Gasteiger partial charge < -0.3 is 14.7 Å². The smallest absolute Gasteiger partial charge is 0.347 e. The molecule has 0 radical (unpaired) electrons. The van der Waals surface area contributed by atoms with Gasteiger partial charge >= 0.3 is 5.97 Å². The lowest BCUT2D eigenvalue weighted by atomic mass is 10.0. The fraction of sp³-hybridized carbons (Fsp3) is 0.250. The van der Waals surface area contributed by atoms with E-state index >= 15 is 0 Å². The molecule has 3 rings (SSSR count). The van der Waals surface area contributed by atoms with Gasteiger partial charge in [-0.05, 0) is 26.0 Å². The summed E-state index contributed by atoms with van der Waals surface area (Å²) in [6.45, 7) is 3.25. The maximum Gasteiger partial charge on any atom is 0.347 e. The third-order valence-electron chi connectivity index (χ3n) is 3.61. The normalized spacial score (nSPS) is 12.3. The molecule has 1 atom stereocenters. The van der Waals surface area contributed by atoms with E-state index in [1.54, 1.807) is 13.8 Å². The minimum absolute atomic E-state index is 0.106. The Morgan fingerprint density at radius 2 is 2.16 bits per heavy atom. The van der Waals surface area contributed by atoms with Gasteiger partial charge in [-0.3, -0.25) is 4.98 Å². The summed E-state index contributed by atoms with van der Waals surface area (Å²) in [5.74, 6) is -1.13. The molecule has 3 aromatic heterocycles. The van der Waals surface area contributed by atoms with E-state index in [2.05, 4.69) is 15.1 Å². The summed E-state index contributed by atoms with van der Waals surface area (Å²) in [4.78, 5) is 19.4. The van der Waals surface area contributed by atoms with E-state index in [9.17, 15) is 14.3 Å². The van der Waals surface area contributed by atoms with Crippen LogP contribution in [0.2, 0.25) is 0 Å². The lowest BCUT2D eigenvalue weighted by molar-refractivity contribution is 0.0701. The molecule has 0 fully saturated rings. The molecule has 0 saturated carbocycles. The number of carboxylic acid groups (broad SMARTS) is 1. The summed E-state index contributed by atoms with van der Waals surface area (Å²) in [5.41, 5.74) is 1.51. The van der Waals surface area contributed by atoms with Crippen LogP contribution in [0.4, 0.5) is 4.39 Å². The molecule has 3 aromatic rings. The zero-order chi connectivity index (χ0) is 18.1. The van der Waals surface area contributed by atoms with Gasteiger partial charge in [0.15, 0.2) is 0 Å². The van der Waals surface area contributed by atoms with E-state index < -0.39 is 17.9 Å². The zero-order valence-electron chi connectivity index (χ0n) is 13.4. The van der Waals surface area contributed by atoms with Crippen LogP contribution >= 0.6 is 11.3 Å². The Morgan fingerprint density at radius 1 is 1.40 bits per heavy atom. The van der Waals surface area contributed by atoms with Crippen LogP contribution < -0.4 is 0 Å². The van der Waals surface area contributed by atoms with Crippen LogP contribution in [-0.2, 0) is 6.42 Å². The molecule has 0 saturated heterocycles. The van der Waals surface area contributed by atoms with Crippen LogP contribution in [0.5, 0.6) is 0 Å². The van der Waals surface area contributed by atoms with Crippen molar-refractivity contribution < 1.29 is 23.9 Å². The largest absolute Gasteiger partial charge is 0.477 e. The van der Waals surface area contributed by atoms with Crippen molar-refractivity contribution in [2.45, 2.75) is 26.4 Å². The molecule has 0 aliphatic rings. The minimum Gasteiger partial charge on any atom is -0.477 e. The second kappa shape index (κ2) is 6.69. The second-order valence-electron chi connectivity index (χ2n) is 5.41. The van der Waals surface area contributed by atoms with Crippen molar-refractivity contribution in [3.05, 3.63) is 51.0 Å². The average molecular weight is 363 g/mol. The van der Waals surface area contributed by atoms with Crippen LogP contribution in [0.1, 0.15) is 37.8 Å². The third kappa shape index (κ3) is 3.42. The molecule has 25 heavy (non-hydrogen) atoms. The maximum atomic E-state index is 13.0. The van der Waals surface area contributed by atoms with Crippen LogP contribution in [0.25, 0.3) is 11.4 Å². The van der Waals surface area contributed by atoms with Crippen molar-refractivity contribution in [3.8, 4) is 11.4 Å². The molecule has 3 heterocycles. The molecule has 0 aliphatic heterocycles. The predicted molar refractivity (Wildman–Crippen MR) is 86.9 cm³/mol. The Hall–Kier alpha value is -2.65. The fourth-order valence-corrected chi connectivity index (χ4v) is 3.42. The summed E-state index contributed by atoms with van der Waals surface area (Å²) in [6.07, 6.45) is 0.147. The first kappa shape index (κ1) is 17.2. The average Bonchev–Trinajstić information content (AvgIpc) is 3.11. The molecule has 7 nitrogen and oxygen atoms in total. The summed E-state index contributed by atoms with van der Waals surface area (Å²) in [6, 6.07) is 2.69. The summed E-state index contributed by atoms with van der Waals surface area (Å²) < 4.78 is 18.2. The lowest BCUT2D eigenvalue weighted by Gasteiger charge is -2.09. The molecule has 1 unspecified atom stereocenters. The monoisotopic (exact) mass is 363 g/mol. The van der Waals surface area contributed by atoms with Crippen molar-refractivity contribution in [1.29, 1.82) is 0 Å². The molecule has 2 N–H and O–H groups in total. The summed E-state index contributed by atoms with van der Waals surface area (Å²) in [5, 5.41) is 24.1. The molecule has 0 spiro atoms. The van der Waals surface area contributed by atoms with Crippen molar-refractivity contribution in [2.75, 3.05) is 0 Å². The Bertz CT molecular complexity index is 920. The van der Waals surface area contributed by atoms with Crippen LogP contribution in [-0.4, -0.2) is 31.3 Å². The Labute approximate surface area is 145 Å². The number of thiazole rings is 1. The number of aryl methyl sites for hydroxylation is 2. The number of hydrogen-bond donors (Lipinski definition) is 2. The van der Waals surface area contributed by atoms with Gasteiger partial charge in [-0.25, -0.2) is 14.2 Å². The van der Waals surface area contributed by atoms with Gasteiger partial charge in [-0.2, -0.15) is 0 Å². The van der Waals surface area contributed by atoms with Gasteiger partial charge in [0.1, 0.15) is 22.1 Å². The van der Waals surface area contributed by atoms with Gasteiger partial charge in [0.25, 0.3) is 0 Å². The van der Waals surface area contributed by atoms with E-state index in [0.717, 1.165) is 17.5 Å². The number of rotatable bonds is 5. The van der Waals surface area contributed by atoms with Gasteiger partial charge in [0.05, 0.1) is 34.3 Å². The van der Waals surface area contributed by atoms with Crippen molar-refractivity contribution >= 4 is 17.3 Å². The molecule has 0 bridgehead atoms. The van der Waals surface area contributed by atoms with Gasteiger partial charge in [-0.1, -0.05) is 5.16 Å². The van der Waals surface area contributed by atoms with Crippen LogP contribution in [0.3, 0.4) is 0 Å². The number of aliphatic hydroxyl groups is 1. The first-order valence-corrected chi connectivity index (χ1v) is 8.14. The maximum absolute atomic E-state index is 13.0. The highest BCUT2D eigenvalue weighted by Gasteiger charge is 2.25. The van der Waals surface area contributed by atoms with E-state index in [1.165, 1.54) is 12.1 Å². The minimum atomic E-state index is -1.05. The molecule has 0 amide bonds. The van der Waals surface area contributed by atoms with E-state index in [1.807, 2.05) is 0 Å². The summed E-state index contributed by atoms with van der Waals surface area (Å²) >= 11 is 1.02. The van der Waals surface area contributed by atoms with Crippen molar-refractivity contribution in [2.24, 2.45) is 0 Å². The molecule has 0 aromatic carbocycles. The topological polar surface area (TPSA) is 109 Å². The molecular weight excluding hydrogens is 349 g/mol.